The SMILES string of the molecule is CC(C)OCCCNC(=O)NC1CCCO1. The minimum absolute atomic E-state index is 0.105. The number of amides is 2. The van der Waals surface area contributed by atoms with Gasteiger partial charge >= 0.3 is 6.03 Å². The number of carbonyl (C=O) groups excluding carboxylic acids is 1. The molecule has 2 amide bonds. The summed E-state index contributed by atoms with van der Waals surface area (Å²) in [7, 11) is 0. The van der Waals surface area contributed by atoms with Gasteiger partial charge in [0.2, 0.25) is 0 Å². The average molecular weight is 230 g/mol. The van der Waals surface area contributed by atoms with Gasteiger partial charge in [0.15, 0.2) is 0 Å². The Morgan fingerprint density at radius 2 is 2.38 bits per heavy atom. The van der Waals surface area contributed by atoms with Crippen molar-refractivity contribution >= 4 is 6.03 Å². The van der Waals surface area contributed by atoms with Crippen molar-refractivity contribution < 1.29 is 14.3 Å². The number of nitrogens with one attached hydrogen (secondary N) is 2. The van der Waals surface area contributed by atoms with E-state index in [9.17, 15) is 4.79 Å². The summed E-state index contributed by atoms with van der Waals surface area (Å²) in [5.41, 5.74) is 0. The van der Waals surface area contributed by atoms with Crippen LogP contribution < -0.4 is 10.6 Å². The van der Waals surface area contributed by atoms with Crippen molar-refractivity contribution in [3.63, 3.8) is 0 Å². The maximum Gasteiger partial charge on any atom is 0.316 e. The molecule has 0 spiro atoms. The zero-order chi connectivity index (χ0) is 11.8. The van der Waals surface area contributed by atoms with E-state index in [1.54, 1.807) is 0 Å². The Labute approximate surface area is 96.9 Å². The molecule has 0 radical (unpaired) electrons. The van der Waals surface area contributed by atoms with E-state index in [0.717, 1.165) is 25.9 Å². The number of urea groups is 1. The van der Waals surface area contributed by atoms with E-state index in [2.05, 4.69) is 10.6 Å². The highest BCUT2D eigenvalue weighted by Crippen LogP contribution is 2.08. The Hall–Kier alpha value is -0.810. The van der Waals surface area contributed by atoms with Gasteiger partial charge in [-0.3, -0.25) is 0 Å². The summed E-state index contributed by atoms with van der Waals surface area (Å²) in [5.74, 6) is 0. The highest BCUT2D eigenvalue weighted by atomic mass is 16.5. The fraction of sp³-hybridized carbons (Fsp3) is 0.909. The van der Waals surface area contributed by atoms with Crippen LogP contribution in [-0.2, 0) is 9.47 Å². The summed E-state index contributed by atoms with van der Waals surface area (Å²) < 4.78 is 10.6. The maximum atomic E-state index is 11.4. The fourth-order valence-electron chi connectivity index (χ4n) is 1.48. The molecule has 0 aliphatic carbocycles. The fourth-order valence-corrected chi connectivity index (χ4v) is 1.48. The van der Waals surface area contributed by atoms with Crippen molar-refractivity contribution in [3.8, 4) is 0 Å². The molecule has 5 nitrogen and oxygen atoms in total. The largest absolute Gasteiger partial charge is 0.379 e. The van der Waals surface area contributed by atoms with Gasteiger partial charge in [0.25, 0.3) is 0 Å². The van der Waals surface area contributed by atoms with Crippen LogP contribution in [0.5, 0.6) is 0 Å². The maximum absolute atomic E-state index is 11.4. The van der Waals surface area contributed by atoms with E-state index < -0.39 is 0 Å². The first-order valence-corrected chi connectivity index (χ1v) is 5.96. The van der Waals surface area contributed by atoms with Crippen molar-refractivity contribution in [2.75, 3.05) is 19.8 Å². The van der Waals surface area contributed by atoms with Crippen molar-refractivity contribution in [2.45, 2.75) is 45.4 Å². The van der Waals surface area contributed by atoms with E-state index in [1.165, 1.54) is 0 Å². The highest BCUT2D eigenvalue weighted by Gasteiger charge is 2.16. The Morgan fingerprint density at radius 3 is 3.00 bits per heavy atom. The molecule has 1 atom stereocenters. The van der Waals surface area contributed by atoms with E-state index in [1.807, 2.05) is 13.8 Å². The zero-order valence-electron chi connectivity index (χ0n) is 10.1. The van der Waals surface area contributed by atoms with Crippen molar-refractivity contribution in [2.24, 2.45) is 0 Å². The van der Waals surface area contributed by atoms with Crippen LogP contribution in [0.4, 0.5) is 4.79 Å². The molecule has 2 N–H and O–H groups in total. The average Bonchev–Trinajstić information content (AvgIpc) is 2.69. The molecule has 0 bridgehead atoms. The lowest BCUT2D eigenvalue weighted by molar-refractivity contribution is 0.0766. The predicted molar refractivity (Wildman–Crippen MR) is 61.2 cm³/mol. The first-order chi connectivity index (χ1) is 7.68. The van der Waals surface area contributed by atoms with Crippen LogP contribution >= 0.6 is 0 Å². The second-order valence-corrected chi connectivity index (χ2v) is 4.17. The number of rotatable bonds is 6. The second kappa shape index (κ2) is 7.46. The van der Waals surface area contributed by atoms with Crippen LogP contribution in [0.3, 0.4) is 0 Å². The van der Waals surface area contributed by atoms with E-state index >= 15 is 0 Å². The number of carbonyl (C=O) groups is 1. The third-order valence-electron chi connectivity index (χ3n) is 2.28. The molecule has 5 heteroatoms. The molecule has 94 valence electrons. The van der Waals surface area contributed by atoms with Gasteiger partial charge in [0.05, 0.1) is 6.10 Å². The van der Waals surface area contributed by atoms with Crippen LogP contribution in [0.15, 0.2) is 0 Å². The lowest BCUT2D eigenvalue weighted by Gasteiger charge is -2.13. The molecule has 0 aromatic carbocycles. The lowest BCUT2D eigenvalue weighted by Crippen LogP contribution is -2.42. The molecule has 1 aliphatic heterocycles. The topological polar surface area (TPSA) is 59.6 Å². The summed E-state index contributed by atoms with van der Waals surface area (Å²) in [5, 5.41) is 5.54. The molecule has 0 saturated carbocycles. The van der Waals surface area contributed by atoms with Crippen LogP contribution in [0.25, 0.3) is 0 Å². The summed E-state index contributed by atoms with van der Waals surface area (Å²) in [6.45, 7) is 6.05. The van der Waals surface area contributed by atoms with Crippen LogP contribution in [-0.4, -0.2) is 38.1 Å². The van der Waals surface area contributed by atoms with Gasteiger partial charge in [0.1, 0.15) is 6.23 Å². The quantitative estimate of drug-likeness (QED) is 0.675. The highest BCUT2D eigenvalue weighted by molar-refractivity contribution is 5.73. The molecule has 1 heterocycles. The molecular weight excluding hydrogens is 208 g/mol. The summed E-state index contributed by atoms with van der Waals surface area (Å²) in [6, 6.07) is -0.156. The number of hydrogen-bond donors (Lipinski definition) is 2. The van der Waals surface area contributed by atoms with Gasteiger partial charge in [-0.15, -0.1) is 0 Å². The third-order valence-corrected chi connectivity index (χ3v) is 2.28. The number of hydrogen-bond acceptors (Lipinski definition) is 3. The van der Waals surface area contributed by atoms with Crippen molar-refractivity contribution in [1.82, 2.24) is 10.6 Å². The van der Waals surface area contributed by atoms with Gasteiger partial charge in [-0.05, 0) is 33.1 Å². The molecule has 0 aromatic rings. The lowest BCUT2D eigenvalue weighted by atomic mass is 10.3. The summed E-state index contributed by atoms with van der Waals surface area (Å²) >= 11 is 0. The molecule has 1 aliphatic rings. The summed E-state index contributed by atoms with van der Waals surface area (Å²) in [4.78, 5) is 11.4. The molecule has 1 rings (SSSR count). The van der Waals surface area contributed by atoms with Crippen LogP contribution in [0.1, 0.15) is 33.1 Å². The van der Waals surface area contributed by atoms with Crippen LogP contribution in [0.2, 0.25) is 0 Å². The standard InChI is InChI=1S/C11H22N2O3/c1-9(2)15-8-4-6-12-11(14)13-10-5-3-7-16-10/h9-10H,3-8H2,1-2H3,(H2,12,13,14). The molecular formula is C11H22N2O3. The van der Waals surface area contributed by atoms with Gasteiger partial charge in [-0.2, -0.15) is 0 Å². The molecule has 0 aromatic heterocycles. The zero-order valence-corrected chi connectivity index (χ0v) is 10.1. The van der Waals surface area contributed by atoms with Gasteiger partial charge in [-0.1, -0.05) is 0 Å². The Kier molecular flexibility index (Phi) is 6.18. The molecule has 16 heavy (non-hydrogen) atoms. The van der Waals surface area contributed by atoms with Crippen LogP contribution in [0, 0.1) is 0 Å². The van der Waals surface area contributed by atoms with Crippen molar-refractivity contribution in [3.05, 3.63) is 0 Å². The first kappa shape index (κ1) is 13.3. The molecule has 1 fully saturated rings. The first-order valence-electron chi connectivity index (χ1n) is 5.96. The van der Waals surface area contributed by atoms with E-state index in [-0.39, 0.29) is 18.4 Å². The van der Waals surface area contributed by atoms with Gasteiger partial charge in [-0.25, -0.2) is 4.79 Å². The molecule has 1 saturated heterocycles. The Bertz CT molecular complexity index is 203. The van der Waals surface area contributed by atoms with E-state index in [0.29, 0.717) is 13.2 Å². The number of ether oxygens (including phenoxy) is 2. The van der Waals surface area contributed by atoms with Crippen molar-refractivity contribution in [1.29, 1.82) is 0 Å². The minimum atomic E-state index is -0.156. The predicted octanol–water partition coefficient (Wildman–Crippen LogP) is 1.24. The minimum Gasteiger partial charge on any atom is -0.379 e. The van der Waals surface area contributed by atoms with E-state index in [4.69, 9.17) is 9.47 Å². The Balaban J connectivity index is 1.93. The normalized spacial score (nSPS) is 20.1. The molecule has 1 unspecified atom stereocenters. The Morgan fingerprint density at radius 1 is 1.56 bits per heavy atom. The van der Waals surface area contributed by atoms with Gasteiger partial charge in [0, 0.05) is 19.8 Å². The smallest absolute Gasteiger partial charge is 0.316 e. The summed E-state index contributed by atoms with van der Waals surface area (Å²) in [6.07, 6.45) is 2.90. The monoisotopic (exact) mass is 230 g/mol. The van der Waals surface area contributed by atoms with Gasteiger partial charge < -0.3 is 20.1 Å². The third kappa shape index (κ3) is 5.92. The second-order valence-electron chi connectivity index (χ2n) is 4.17.